The Hall–Kier alpha value is -1.20. The van der Waals surface area contributed by atoms with Crippen LogP contribution in [0.15, 0.2) is 12.4 Å². The lowest BCUT2D eigenvalue weighted by Gasteiger charge is -2.25. The normalized spacial score (nSPS) is 18.0. The van der Waals surface area contributed by atoms with Crippen LogP contribution in [-0.4, -0.2) is 22.4 Å². The number of anilines is 1. The van der Waals surface area contributed by atoms with Crippen LogP contribution >= 0.6 is 11.6 Å². The molecule has 1 fully saturated rings. The molecule has 5 nitrogen and oxygen atoms in total. The number of nitrogens with zero attached hydrogens (tertiary/aromatic N) is 2. The van der Waals surface area contributed by atoms with Gasteiger partial charge in [-0.15, -0.1) is 0 Å². The average molecular weight is 255 g/mol. The number of halogens is 1. The number of hydrogen-bond donors (Lipinski definition) is 2. The van der Waals surface area contributed by atoms with Crippen LogP contribution in [0.25, 0.3) is 0 Å². The number of carbonyl (C=O) groups is 1. The van der Waals surface area contributed by atoms with E-state index >= 15 is 0 Å². The Balaban J connectivity index is 2.10. The second-order valence-corrected chi connectivity index (χ2v) is 4.76. The second-order valence-electron chi connectivity index (χ2n) is 4.37. The molecule has 1 aromatic heterocycles. The van der Waals surface area contributed by atoms with E-state index in [9.17, 15) is 4.79 Å². The van der Waals surface area contributed by atoms with Crippen LogP contribution in [0.5, 0.6) is 0 Å². The van der Waals surface area contributed by atoms with Crippen molar-refractivity contribution in [2.45, 2.75) is 25.7 Å². The van der Waals surface area contributed by atoms with Gasteiger partial charge in [0, 0.05) is 12.6 Å². The van der Waals surface area contributed by atoms with Crippen LogP contribution in [0.1, 0.15) is 25.7 Å². The first-order valence-corrected chi connectivity index (χ1v) is 6.03. The van der Waals surface area contributed by atoms with Gasteiger partial charge in [0.1, 0.15) is 17.3 Å². The van der Waals surface area contributed by atoms with Gasteiger partial charge in [-0.25, -0.2) is 9.97 Å². The van der Waals surface area contributed by atoms with Crippen molar-refractivity contribution in [1.29, 1.82) is 0 Å². The molecule has 1 amide bonds. The van der Waals surface area contributed by atoms with E-state index in [1.807, 2.05) is 0 Å². The fourth-order valence-electron chi connectivity index (χ4n) is 2.23. The smallest absolute Gasteiger partial charge is 0.233 e. The molecule has 0 atom stereocenters. The van der Waals surface area contributed by atoms with Crippen LogP contribution in [0.3, 0.4) is 0 Å². The third kappa shape index (κ3) is 2.56. The summed E-state index contributed by atoms with van der Waals surface area (Å²) in [4.78, 5) is 19.9. The van der Waals surface area contributed by atoms with Gasteiger partial charge in [-0.2, -0.15) is 0 Å². The highest BCUT2D eigenvalue weighted by Gasteiger charge is 2.39. The summed E-state index contributed by atoms with van der Waals surface area (Å²) in [6.07, 6.45) is 5.11. The Morgan fingerprint density at radius 1 is 1.47 bits per heavy atom. The third-order valence-corrected chi connectivity index (χ3v) is 3.52. The van der Waals surface area contributed by atoms with E-state index in [1.54, 1.807) is 0 Å². The Kier molecular flexibility index (Phi) is 3.59. The molecule has 0 radical (unpaired) electrons. The number of nitrogens with one attached hydrogen (secondary N) is 1. The van der Waals surface area contributed by atoms with Crippen molar-refractivity contribution in [1.82, 2.24) is 9.97 Å². The second kappa shape index (κ2) is 4.98. The minimum absolute atomic E-state index is 0.0627. The zero-order chi connectivity index (χ0) is 12.3. The van der Waals surface area contributed by atoms with Crippen molar-refractivity contribution in [3.63, 3.8) is 0 Å². The highest BCUT2D eigenvalue weighted by atomic mass is 35.5. The van der Waals surface area contributed by atoms with Crippen LogP contribution in [0, 0.1) is 5.41 Å². The summed E-state index contributed by atoms with van der Waals surface area (Å²) < 4.78 is 0. The molecule has 0 bridgehead atoms. The molecule has 17 heavy (non-hydrogen) atoms. The topological polar surface area (TPSA) is 80.9 Å². The summed E-state index contributed by atoms with van der Waals surface area (Å²) in [5.41, 5.74) is 5.30. The predicted octanol–water partition coefficient (Wildman–Crippen LogP) is 1.59. The molecule has 2 rings (SSSR count). The molecule has 1 aliphatic carbocycles. The summed E-state index contributed by atoms with van der Waals surface area (Å²) >= 11 is 5.73. The Labute approximate surface area is 105 Å². The maximum absolute atomic E-state index is 12.2. The van der Waals surface area contributed by atoms with Crippen LogP contribution in [-0.2, 0) is 4.79 Å². The summed E-state index contributed by atoms with van der Waals surface area (Å²) in [5, 5.41) is 3.07. The number of carbonyl (C=O) groups excluding carboxylic acids is 1. The maximum atomic E-state index is 12.2. The number of nitrogens with two attached hydrogens (primary N) is 1. The minimum atomic E-state index is -0.433. The summed E-state index contributed by atoms with van der Waals surface area (Å²) in [5.74, 6) is 0.363. The molecule has 0 spiro atoms. The number of amides is 1. The number of aromatic nitrogens is 2. The molecule has 0 unspecified atom stereocenters. The Morgan fingerprint density at radius 2 is 2.18 bits per heavy atom. The monoisotopic (exact) mass is 254 g/mol. The first kappa shape index (κ1) is 12.3. The largest absolute Gasteiger partial charge is 0.329 e. The highest BCUT2D eigenvalue weighted by Crippen LogP contribution is 2.38. The van der Waals surface area contributed by atoms with Crippen molar-refractivity contribution < 1.29 is 4.79 Å². The average Bonchev–Trinajstić information content (AvgIpc) is 2.78. The van der Waals surface area contributed by atoms with Gasteiger partial charge in [0.15, 0.2) is 0 Å². The van der Waals surface area contributed by atoms with Crippen LogP contribution in [0.2, 0.25) is 5.15 Å². The van der Waals surface area contributed by atoms with E-state index in [2.05, 4.69) is 15.3 Å². The SMILES string of the molecule is NCC1(C(=O)Nc2cc(Cl)ncn2)CCCC1. The molecule has 1 aromatic rings. The molecule has 92 valence electrons. The highest BCUT2D eigenvalue weighted by molar-refractivity contribution is 6.29. The first-order chi connectivity index (χ1) is 8.16. The summed E-state index contributed by atoms with van der Waals surface area (Å²) in [6.45, 7) is 0.373. The van der Waals surface area contributed by atoms with E-state index in [0.29, 0.717) is 17.5 Å². The van der Waals surface area contributed by atoms with Crippen LogP contribution < -0.4 is 11.1 Å². The fraction of sp³-hybridized carbons (Fsp3) is 0.545. The number of rotatable bonds is 3. The number of hydrogen-bond acceptors (Lipinski definition) is 4. The molecule has 0 aromatic carbocycles. The molecule has 0 aliphatic heterocycles. The minimum Gasteiger partial charge on any atom is -0.329 e. The molecule has 1 aliphatic rings. The van der Waals surface area contributed by atoms with Gasteiger partial charge in [-0.3, -0.25) is 4.79 Å². The summed E-state index contributed by atoms with van der Waals surface area (Å²) in [7, 11) is 0. The van der Waals surface area contributed by atoms with Crippen molar-refractivity contribution in [2.24, 2.45) is 11.1 Å². The molecule has 1 saturated carbocycles. The quantitative estimate of drug-likeness (QED) is 0.803. The van der Waals surface area contributed by atoms with Gasteiger partial charge < -0.3 is 11.1 Å². The molecule has 1 heterocycles. The first-order valence-electron chi connectivity index (χ1n) is 5.65. The standard InChI is InChI=1S/C11H15ClN4O/c12-8-5-9(15-7-14-8)16-10(17)11(6-13)3-1-2-4-11/h5,7H,1-4,6,13H2,(H,14,15,16,17). The molecule has 6 heteroatoms. The maximum Gasteiger partial charge on any atom is 0.233 e. The van der Waals surface area contributed by atoms with Gasteiger partial charge >= 0.3 is 0 Å². The van der Waals surface area contributed by atoms with E-state index < -0.39 is 5.41 Å². The van der Waals surface area contributed by atoms with Gasteiger partial charge in [-0.05, 0) is 12.8 Å². The Bertz CT molecular complexity index is 418. The van der Waals surface area contributed by atoms with Crippen LogP contribution in [0.4, 0.5) is 5.82 Å². The van der Waals surface area contributed by atoms with Gasteiger partial charge in [-0.1, -0.05) is 24.4 Å². The Morgan fingerprint density at radius 3 is 2.76 bits per heavy atom. The van der Waals surface area contributed by atoms with E-state index in [0.717, 1.165) is 25.7 Å². The van der Waals surface area contributed by atoms with Gasteiger partial charge in [0.05, 0.1) is 5.41 Å². The predicted molar refractivity (Wildman–Crippen MR) is 65.6 cm³/mol. The van der Waals surface area contributed by atoms with Crippen molar-refractivity contribution in [3.8, 4) is 0 Å². The molecule has 3 N–H and O–H groups in total. The molecular weight excluding hydrogens is 240 g/mol. The third-order valence-electron chi connectivity index (χ3n) is 3.31. The lowest BCUT2D eigenvalue weighted by Crippen LogP contribution is -2.40. The molecular formula is C11H15ClN4O. The zero-order valence-corrected chi connectivity index (χ0v) is 10.2. The van der Waals surface area contributed by atoms with Crippen molar-refractivity contribution in [2.75, 3.05) is 11.9 Å². The summed E-state index contributed by atoms with van der Waals surface area (Å²) in [6, 6.07) is 1.53. The lowest BCUT2D eigenvalue weighted by atomic mass is 9.85. The van der Waals surface area contributed by atoms with E-state index in [4.69, 9.17) is 17.3 Å². The molecule has 0 saturated heterocycles. The van der Waals surface area contributed by atoms with Crippen molar-refractivity contribution >= 4 is 23.3 Å². The zero-order valence-electron chi connectivity index (χ0n) is 9.45. The lowest BCUT2D eigenvalue weighted by molar-refractivity contribution is -0.124. The van der Waals surface area contributed by atoms with Gasteiger partial charge in [0.2, 0.25) is 5.91 Å². The van der Waals surface area contributed by atoms with E-state index in [-0.39, 0.29) is 5.91 Å². The fourth-order valence-corrected chi connectivity index (χ4v) is 2.37. The van der Waals surface area contributed by atoms with Gasteiger partial charge in [0.25, 0.3) is 0 Å². The van der Waals surface area contributed by atoms with Crippen molar-refractivity contribution in [3.05, 3.63) is 17.5 Å². The van der Waals surface area contributed by atoms with E-state index in [1.165, 1.54) is 12.4 Å².